The molecule has 194 valence electrons. The van der Waals surface area contributed by atoms with E-state index in [0.717, 1.165) is 4.90 Å². The minimum absolute atomic E-state index is 0.00829. The van der Waals surface area contributed by atoms with Crippen molar-refractivity contribution in [1.82, 2.24) is 20.9 Å². The number of piperidine rings is 1. The molecule has 0 bridgehead atoms. The third kappa shape index (κ3) is 6.76. The Morgan fingerprint density at radius 2 is 1.69 bits per heavy atom. The van der Waals surface area contributed by atoms with E-state index in [0.29, 0.717) is 0 Å². The van der Waals surface area contributed by atoms with Gasteiger partial charge in [-0.05, 0) is 18.6 Å². The number of ether oxygens (including phenoxy) is 3. The van der Waals surface area contributed by atoms with Gasteiger partial charge >= 0.3 is 6.09 Å². The number of benzene rings is 1. The van der Waals surface area contributed by atoms with Crippen molar-refractivity contribution in [3.8, 4) is 5.75 Å². The maximum atomic E-state index is 13.0. The molecule has 0 aromatic heterocycles. The standard InChI is InChI=1S/C22H26N4O10/c27-16-5-4-14(19(29)25-16)26-20(30)13-2-1-3-15(18(13)21(26)31)36-12-17(28)23-6-8-34-10-11-35-9-7-24-22(32)33/h1-3,14,24H,4-12H2,(H,23,28)(H,32,33)(H,25,27,29). The minimum Gasteiger partial charge on any atom is -0.483 e. The first-order chi connectivity index (χ1) is 17.3. The fraction of sp³-hybridized carbons (Fsp3) is 0.455. The zero-order valence-electron chi connectivity index (χ0n) is 19.2. The molecule has 1 atom stereocenters. The van der Waals surface area contributed by atoms with Crippen LogP contribution in [0.15, 0.2) is 18.2 Å². The zero-order valence-corrected chi connectivity index (χ0v) is 19.2. The normalized spacial score (nSPS) is 17.0. The predicted octanol–water partition coefficient (Wildman–Crippen LogP) is -1.12. The summed E-state index contributed by atoms with van der Waals surface area (Å²) in [6, 6.07) is 3.27. The Bertz CT molecular complexity index is 1040. The smallest absolute Gasteiger partial charge is 0.404 e. The summed E-state index contributed by atoms with van der Waals surface area (Å²) in [6.07, 6.45) is -1.08. The number of hydrogen-bond donors (Lipinski definition) is 4. The van der Waals surface area contributed by atoms with Crippen molar-refractivity contribution in [2.75, 3.05) is 46.1 Å². The molecule has 3 rings (SSSR count). The molecule has 2 aliphatic rings. The summed E-state index contributed by atoms with van der Waals surface area (Å²) in [7, 11) is 0. The maximum absolute atomic E-state index is 13.0. The molecule has 0 radical (unpaired) electrons. The first kappa shape index (κ1) is 26.6. The van der Waals surface area contributed by atoms with E-state index in [1.807, 2.05) is 0 Å². The van der Waals surface area contributed by atoms with Gasteiger partial charge < -0.3 is 30.0 Å². The van der Waals surface area contributed by atoms with Crippen LogP contribution in [0.1, 0.15) is 33.6 Å². The SMILES string of the molecule is O=C(O)NCCOCCOCCNC(=O)COc1cccc2c1C(=O)N(C1CCC(=O)NC1=O)C2=O. The van der Waals surface area contributed by atoms with Crippen molar-refractivity contribution in [3.63, 3.8) is 0 Å². The number of carboxylic acid groups (broad SMARTS) is 1. The molecule has 14 nitrogen and oxygen atoms in total. The molecule has 6 amide bonds. The van der Waals surface area contributed by atoms with E-state index in [9.17, 15) is 28.8 Å². The Morgan fingerprint density at radius 3 is 2.36 bits per heavy atom. The molecule has 2 heterocycles. The number of carbonyl (C=O) groups is 6. The lowest BCUT2D eigenvalue weighted by atomic mass is 10.0. The molecule has 1 fully saturated rings. The average molecular weight is 506 g/mol. The van der Waals surface area contributed by atoms with Gasteiger partial charge in [0.15, 0.2) is 6.61 Å². The number of carbonyl (C=O) groups excluding carboxylic acids is 5. The number of rotatable bonds is 13. The first-order valence-corrected chi connectivity index (χ1v) is 11.2. The zero-order chi connectivity index (χ0) is 26.1. The van der Waals surface area contributed by atoms with Gasteiger partial charge in [0.05, 0.1) is 37.6 Å². The van der Waals surface area contributed by atoms with Crippen LogP contribution in [-0.4, -0.2) is 97.8 Å². The molecular weight excluding hydrogens is 480 g/mol. The van der Waals surface area contributed by atoms with E-state index in [2.05, 4.69) is 16.0 Å². The molecule has 14 heteroatoms. The van der Waals surface area contributed by atoms with Gasteiger partial charge in [-0.3, -0.25) is 34.2 Å². The lowest BCUT2D eigenvalue weighted by Gasteiger charge is -2.27. The Hall–Kier alpha value is -4.04. The van der Waals surface area contributed by atoms with E-state index in [-0.39, 0.29) is 69.2 Å². The van der Waals surface area contributed by atoms with Crippen LogP contribution in [0.2, 0.25) is 0 Å². The fourth-order valence-corrected chi connectivity index (χ4v) is 3.61. The van der Waals surface area contributed by atoms with Gasteiger partial charge in [0.2, 0.25) is 11.8 Å². The van der Waals surface area contributed by atoms with Gasteiger partial charge in [-0.1, -0.05) is 6.07 Å². The first-order valence-electron chi connectivity index (χ1n) is 11.2. The van der Waals surface area contributed by atoms with Crippen molar-refractivity contribution >= 4 is 35.6 Å². The average Bonchev–Trinajstić information content (AvgIpc) is 3.09. The summed E-state index contributed by atoms with van der Waals surface area (Å²) in [5, 5.41) is 15.3. The highest BCUT2D eigenvalue weighted by Crippen LogP contribution is 2.33. The second-order valence-electron chi connectivity index (χ2n) is 7.72. The van der Waals surface area contributed by atoms with Gasteiger partial charge in [0, 0.05) is 19.5 Å². The van der Waals surface area contributed by atoms with Gasteiger partial charge in [-0.25, -0.2) is 4.79 Å². The number of amides is 6. The van der Waals surface area contributed by atoms with Crippen molar-refractivity contribution in [1.29, 1.82) is 0 Å². The number of nitrogens with one attached hydrogen (secondary N) is 3. The van der Waals surface area contributed by atoms with Crippen LogP contribution in [0.5, 0.6) is 5.75 Å². The summed E-state index contributed by atoms with van der Waals surface area (Å²) in [6.45, 7) is 0.885. The molecule has 2 aliphatic heterocycles. The highest BCUT2D eigenvalue weighted by atomic mass is 16.5. The van der Waals surface area contributed by atoms with Gasteiger partial charge in [0.1, 0.15) is 11.8 Å². The molecule has 1 aromatic rings. The second-order valence-corrected chi connectivity index (χ2v) is 7.72. The summed E-state index contributed by atoms with van der Waals surface area (Å²) in [4.78, 5) is 72.6. The third-order valence-electron chi connectivity index (χ3n) is 5.25. The molecular formula is C22H26N4O10. The Morgan fingerprint density at radius 1 is 1.00 bits per heavy atom. The van der Waals surface area contributed by atoms with Crippen LogP contribution in [-0.2, 0) is 23.9 Å². The topological polar surface area (TPSA) is 190 Å². The molecule has 36 heavy (non-hydrogen) atoms. The van der Waals surface area contributed by atoms with Crippen LogP contribution in [0, 0.1) is 0 Å². The largest absolute Gasteiger partial charge is 0.483 e. The third-order valence-corrected chi connectivity index (χ3v) is 5.25. The van der Waals surface area contributed by atoms with Crippen molar-refractivity contribution in [2.24, 2.45) is 0 Å². The van der Waals surface area contributed by atoms with Crippen LogP contribution in [0.4, 0.5) is 4.79 Å². The number of hydrogen-bond acceptors (Lipinski definition) is 9. The summed E-state index contributed by atoms with van der Waals surface area (Å²) in [5.74, 6) is -3.03. The quantitative estimate of drug-likeness (QED) is 0.188. The monoisotopic (exact) mass is 506 g/mol. The van der Waals surface area contributed by atoms with Crippen molar-refractivity contribution in [3.05, 3.63) is 29.3 Å². The van der Waals surface area contributed by atoms with E-state index < -0.39 is 48.3 Å². The summed E-state index contributed by atoms with van der Waals surface area (Å²) in [5.41, 5.74) is 0.0128. The van der Waals surface area contributed by atoms with Crippen LogP contribution in [0.25, 0.3) is 0 Å². The molecule has 0 saturated carbocycles. The van der Waals surface area contributed by atoms with Gasteiger partial charge in [-0.2, -0.15) is 0 Å². The van der Waals surface area contributed by atoms with Crippen molar-refractivity contribution in [2.45, 2.75) is 18.9 Å². The van der Waals surface area contributed by atoms with E-state index >= 15 is 0 Å². The predicted molar refractivity (Wildman–Crippen MR) is 119 cm³/mol. The minimum atomic E-state index is -1.12. The lowest BCUT2D eigenvalue weighted by molar-refractivity contribution is -0.136. The highest BCUT2D eigenvalue weighted by Gasteiger charge is 2.46. The molecule has 4 N–H and O–H groups in total. The number of nitrogens with zero attached hydrogens (tertiary/aromatic N) is 1. The van der Waals surface area contributed by atoms with E-state index in [1.54, 1.807) is 0 Å². The molecule has 1 aromatic carbocycles. The molecule has 1 unspecified atom stereocenters. The van der Waals surface area contributed by atoms with E-state index in [1.165, 1.54) is 18.2 Å². The number of imide groups is 2. The Balaban J connectivity index is 1.41. The van der Waals surface area contributed by atoms with E-state index in [4.69, 9.17) is 19.3 Å². The summed E-state index contributed by atoms with van der Waals surface area (Å²) >= 11 is 0. The van der Waals surface area contributed by atoms with Gasteiger partial charge in [0.25, 0.3) is 17.7 Å². The number of fused-ring (bicyclic) bond motifs is 1. The molecule has 1 saturated heterocycles. The second kappa shape index (κ2) is 12.6. The van der Waals surface area contributed by atoms with Crippen molar-refractivity contribution < 1.29 is 48.1 Å². The summed E-state index contributed by atoms with van der Waals surface area (Å²) < 4.78 is 15.9. The van der Waals surface area contributed by atoms with Crippen LogP contribution < -0.4 is 20.7 Å². The maximum Gasteiger partial charge on any atom is 0.404 e. The van der Waals surface area contributed by atoms with Crippen LogP contribution in [0.3, 0.4) is 0 Å². The van der Waals surface area contributed by atoms with Crippen LogP contribution >= 0.6 is 0 Å². The Labute approximate surface area is 205 Å². The molecule has 0 aliphatic carbocycles. The fourth-order valence-electron chi connectivity index (χ4n) is 3.61. The van der Waals surface area contributed by atoms with Gasteiger partial charge in [-0.15, -0.1) is 0 Å². The Kier molecular flexibility index (Phi) is 9.30. The molecule has 0 spiro atoms. The highest BCUT2D eigenvalue weighted by molar-refractivity contribution is 6.24. The lowest BCUT2D eigenvalue weighted by Crippen LogP contribution is -2.54.